The van der Waals surface area contributed by atoms with Gasteiger partial charge in [0.25, 0.3) is 5.91 Å². The van der Waals surface area contributed by atoms with Crippen LogP contribution in [0.15, 0.2) is 18.2 Å². The zero-order valence-corrected chi connectivity index (χ0v) is 12.7. The molecule has 0 unspecified atom stereocenters. The third-order valence-electron chi connectivity index (χ3n) is 5.45. The fourth-order valence-electron chi connectivity index (χ4n) is 4.25. The summed E-state index contributed by atoms with van der Waals surface area (Å²) in [6, 6.07) is 5.80. The van der Waals surface area contributed by atoms with Crippen LogP contribution in [0.5, 0.6) is 0 Å². The summed E-state index contributed by atoms with van der Waals surface area (Å²) in [5.41, 5.74) is 2.20. The second-order valence-corrected chi connectivity index (χ2v) is 6.82. The van der Waals surface area contributed by atoms with Crippen molar-refractivity contribution in [3.63, 3.8) is 0 Å². The second-order valence-electron chi connectivity index (χ2n) is 6.82. The number of aromatic amines is 1. The summed E-state index contributed by atoms with van der Waals surface area (Å²) in [6.45, 7) is 0. The molecule has 0 saturated heterocycles. The van der Waals surface area contributed by atoms with Gasteiger partial charge in [-0.2, -0.15) is 15.4 Å². The lowest BCUT2D eigenvalue weighted by Gasteiger charge is -2.39. The molecule has 4 rings (SSSR count). The smallest absolute Gasteiger partial charge is 0.251 e. The third-order valence-corrected chi connectivity index (χ3v) is 5.45. The van der Waals surface area contributed by atoms with Gasteiger partial charge in [-0.1, -0.05) is 25.7 Å². The lowest BCUT2D eigenvalue weighted by atomic mass is 9.69. The number of hydrogen-bond donors (Lipinski definition) is 2. The first kappa shape index (κ1) is 13.7. The van der Waals surface area contributed by atoms with Gasteiger partial charge in [0.1, 0.15) is 11.0 Å². The van der Waals surface area contributed by atoms with E-state index < -0.39 is 0 Å². The monoisotopic (exact) mass is 298 g/mol. The molecule has 0 radical (unpaired) electrons. The third kappa shape index (κ3) is 2.60. The molecule has 0 bridgehead atoms. The van der Waals surface area contributed by atoms with Crippen molar-refractivity contribution in [2.75, 3.05) is 0 Å². The first-order chi connectivity index (χ1) is 10.8. The average Bonchev–Trinajstić information content (AvgIpc) is 3.02. The van der Waals surface area contributed by atoms with Gasteiger partial charge in [-0.05, 0) is 49.3 Å². The average molecular weight is 298 g/mol. The Kier molecular flexibility index (Phi) is 3.56. The molecule has 2 aliphatic rings. The summed E-state index contributed by atoms with van der Waals surface area (Å²) >= 11 is 0. The van der Waals surface area contributed by atoms with Gasteiger partial charge in [0, 0.05) is 11.6 Å². The molecule has 1 aromatic carbocycles. The second kappa shape index (κ2) is 5.71. The number of carbonyl (C=O) groups excluding carboxylic acids is 1. The molecule has 0 spiro atoms. The van der Waals surface area contributed by atoms with Crippen LogP contribution in [0.4, 0.5) is 0 Å². The van der Waals surface area contributed by atoms with Crippen LogP contribution in [-0.2, 0) is 0 Å². The van der Waals surface area contributed by atoms with Gasteiger partial charge in [0.15, 0.2) is 0 Å². The lowest BCUT2D eigenvalue weighted by Crippen LogP contribution is -2.41. The van der Waals surface area contributed by atoms with E-state index in [1.54, 1.807) is 6.07 Å². The van der Waals surface area contributed by atoms with Gasteiger partial charge in [-0.3, -0.25) is 4.79 Å². The lowest BCUT2D eigenvalue weighted by molar-refractivity contribution is 0.0879. The minimum atomic E-state index is 0.0177. The molecule has 1 heterocycles. The van der Waals surface area contributed by atoms with Crippen molar-refractivity contribution in [1.82, 2.24) is 20.7 Å². The zero-order chi connectivity index (χ0) is 14.9. The predicted molar refractivity (Wildman–Crippen MR) is 84.4 cm³/mol. The van der Waals surface area contributed by atoms with E-state index in [0.29, 0.717) is 11.6 Å². The van der Waals surface area contributed by atoms with Crippen molar-refractivity contribution >= 4 is 16.9 Å². The Morgan fingerprint density at radius 3 is 2.77 bits per heavy atom. The maximum absolute atomic E-state index is 12.5. The van der Waals surface area contributed by atoms with E-state index in [1.165, 1.54) is 32.1 Å². The molecule has 2 saturated carbocycles. The first-order valence-electron chi connectivity index (χ1n) is 8.41. The Bertz CT molecular complexity index is 680. The van der Waals surface area contributed by atoms with Crippen molar-refractivity contribution in [3.8, 4) is 0 Å². The molecule has 1 amide bonds. The Morgan fingerprint density at radius 1 is 1.05 bits per heavy atom. The highest BCUT2D eigenvalue weighted by molar-refractivity contribution is 5.97. The molecule has 3 atom stereocenters. The molecule has 2 aromatic rings. The quantitative estimate of drug-likeness (QED) is 0.895. The summed E-state index contributed by atoms with van der Waals surface area (Å²) in [4.78, 5) is 12.5. The van der Waals surface area contributed by atoms with E-state index >= 15 is 0 Å². The normalized spacial score (nSPS) is 28.3. The number of carbonyl (C=O) groups is 1. The van der Waals surface area contributed by atoms with E-state index in [9.17, 15) is 4.79 Å². The molecule has 5 heteroatoms. The van der Waals surface area contributed by atoms with Crippen LogP contribution in [-0.4, -0.2) is 27.4 Å². The standard InChI is InChI=1S/C17H22N4O/c22-17(13-6-8-15-16(10-13)20-21-19-15)18-14-7-5-11-3-1-2-4-12(11)9-14/h6,8,10-12,14H,1-5,7,9H2,(H,18,22)(H,19,20,21)/t11-,12-,14+/m0/s1. The van der Waals surface area contributed by atoms with Crippen molar-refractivity contribution in [1.29, 1.82) is 0 Å². The highest BCUT2D eigenvalue weighted by Crippen LogP contribution is 2.40. The first-order valence-corrected chi connectivity index (χ1v) is 8.41. The number of hydrogen-bond acceptors (Lipinski definition) is 3. The number of aromatic nitrogens is 3. The van der Waals surface area contributed by atoms with E-state index in [4.69, 9.17) is 0 Å². The molecular weight excluding hydrogens is 276 g/mol. The highest BCUT2D eigenvalue weighted by atomic mass is 16.1. The molecular formula is C17H22N4O. The number of rotatable bonds is 2. The van der Waals surface area contributed by atoms with Gasteiger partial charge in [0.2, 0.25) is 0 Å². The summed E-state index contributed by atoms with van der Waals surface area (Å²) in [5, 5.41) is 13.9. The van der Waals surface area contributed by atoms with Gasteiger partial charge >= 0.3 is 0 Å². The zero-order valence-electron chi connectivity index (χ0n) is 12.7. The topological polar surface area (TPSA) is 70.7 Å². The van der Waals surface area contributed by atoms with Crippen molar-refractivity contribution in [3.05, 3.63) is 23.8 Å². The number of nitrogens with zero attached hydrogens (tertiary/aromatic N) is 2. The Hall–Kier alpha value is -1.91. The molecule has 2 aliphatic carbocycles. The molecule has 1 aromatic heterocycles. The molecule has 116 valence electrons. The largest absolute Gasteiger partial charge is 0.349 e. The van der Waals surface area contributed by atoms with E-state index in [1.807, 2.05) is 12.1 Å². The maximum Gasteiger partial charge on any atom is 0.251 e. The molecule has 2 fully saturated rings. The summed E-state index contributed by atoms with van der Waals surface area (Å²) in [6.07, 6.45) is 9.07. The number of amides is 1. The van der Waals surface area contributed by atoms with Crippen LogP contribution in [0.1, 0.15) is 55.3 Å². The number of fused-ring (bicyclic) bond motifs is 2. The van der Waals surface area contributed by atoms with Crippen LogP contribution in [0, 0.1) is 11.8 Å². The van der Waals surface area contributed by atoms with E-state index in [-0.39, 0.29) is 5.91 Å². The Morgan fingerprint density at radius 2 is 1.86 bits per heavy atom. The van der Waals surface area contributed by atoms with Crippen LogP contribution in [0.2, 0.25) is 0 Å². The van der Waals surface area contributed by atoms with Gasteiger partial charge < -0.3 is 5.32 Å². The van der Waals surface area contributed by atoms with Crippen LogP contribution < -0.4 is 5.32 Å². The summed E-state index contributed by atoms with van der Waals surface area (Å²) < 4.78 is 0. The Labute approximate surface area is 129 Å². The van der Waals surface area contributed by atoms with E-state index in [0.717, 1.165) is 35.7 Å². The predicted octanol–water partition coefficient (Wildman–Crippen LogP) is 3.05. The van der Waals surface area contributed by atoms with Gasteiger partial charge in [-0.25, -0.2) is 0 Å². The fraction of sp³-hybridized carbons (Fsp3) is 0.588. The van der Waals surface area contributed by atoms with E-state index in [2.05, 4.69) is 20.7 Å². The SMILES string of the molecule is O=C(N[C@@H]1CC[C@@H]2CCCC[C@H]2C1)c1ccc2n[nH]nc2c1. The Balaban J connectivity index is 1.43. The summed E-state index contributed by atoms with van der Waals surface area (Å²) in [5.74, 6) is 1.75. The van der Waals surface area contributed by atoms with Crippen molar-refractivity contribution in [2.45, 2.75) is 51.0 Å². The number of nitrogens with one attached hydrogen (secondary N) is 2. The molecule has 5 nitrogen and oxygen atoms in total. The number of H-pyrrole nitrogens is 1. The summed E-state index contributed by atoms with van der Waals surface area (Å²) in [7, 11) is 0. The van der Waals surface area contributed by atoms with Gasteiger partial charge in [0.05, 0.1) is 0 Å². The highest BCUT2D eigenvalue weighted by Gasteiger charge is 2.32. The van der Waals surface area contributed by atoms with Crippen molar-refractivity contribution in [2.24, 2.45) is 11.8 Å². The van der Waals surface area contributed by atoms with Crippen LogP contribution >= 0.6 is 0 Å². The maximum atomic E-state index is 12.5. The fourth-order valence-corrected chi connectivity index (χ4v) is 4.25. The molecule has 22 heavy (non-hydrogen) atoms. The molecule has 2 N–H and O–H groups in total. The minimum absolute atomic E-state index is 0.0177. The minimum Gasteiger partial charge on any atom is -0.349 e. The van der Waals surface area contributed by atoms with Crippen LogP contribution in [0.25, 0.3) is 11.0 Å². The van der Waals surface area contributed by atoms with Crippen LogP contribution in [0.3, 0.4) is 0 Å². The van der Waals surface area contributed by atoms with Crippen molar-refractivity contribution < 1.29 is 4.79 Å². The molecule has 0 aliphatic heterocycles. The van der Waals surface area contributed by atoms with Gasteiger partial charge in [-0.15, -0.1) is 0 Å². The number of benzene rings is 1.